The lowest BCUT2D eigenvalue weighted by Crippen LogP contribution is -1.98. The molecule has 0 unspecified atom stereocenters. The molecule has 0 saturated heterocycles. The molecular formula is C11H8ClNO4. The van der Waals surface area contributed by atoms with Crippen LogP contribution in [0.1, 0.15) is 10.6 Å². The van der Waals surface area contributed by atoms with Crippen molar-refractivity contribution in [2.45, 2.75) is 0 Å². The lowest BCUT2D eigenvalue weighted by molar-refractivity contribution is 0.0663. The fraction of sp³-hybridized carbons (Fsp3) is 0.0909. The molecular weight excluding hydrogens is 246 g/mol. The van der Waals surface area contributed by atoms with E-state index in [0.29, 0.717) is 16.3 Å². The van der Waals surface area contributed by atoms with Gasteiger partial charge in [-0.3, -0.25) is 0 Å². The summed E-state index contributed by atoms with van der Waals surface area (Å²) < 4.78 is 9.94. The van der Waals surface area contributed by atoms with E-state index in [9.17, 15) is 4.79 Å². The van der Waals surface area contributed by atoms with E-state index < -0.39 is 5.97 Å². The zero-order valence-corrected chi connectivity index (χ0v) is 9.56. The fourth-order valence-corrected chi connectivity index (χ4v) is 1.63. The van der Waals surface area contributed by atoms with Crippen LogP contribution >= 0.6 is 11.6 Å². The van der Waals surface area contributed by atoms with Crippen LogP contribution in [-0.2, 0) is 0 Å². The number of methoxy groups -OCH3 is 1. The number of oxazole rings is 1. The van der Waals surface area contributed by atoms with Gasteiger partial charge in [-0.15, -0.1) is 0 Å². The molecule has 1 heterocycles. The number of ether oxygens (including phenoxy) is 1. The molecule has 0 fully saturated rings. The maximum Gasteiger partial charge on any atom is 0.374 e. The Kier molecular flexibility index (Phi) is 3.01. The monoisotopic (exact) mass is 253 g/mol. The van der Waals surface area contributed by atoms with Gasteiger partial charge in [0, 0.05) is 10.6 Å². The van der Waals surface area contributed by atoms with Crippen molar-refractivity contribution in [1.82, 2.24) is 4.98 Å². The molecule has 0 spiro atoms. The van der Waals surface area contributed by atoms with Gasteiger partial charge >= 0.3 is 5.97 Å². The summed E-state index contributed by atoms with van der Waals surface area (Å²) in [5, 5.41) is 9.40. The van der Waals surface area contributed by atoms with Crippen molar-refractivity contribution in [3.05, 3.63) is 35.4 Å². The van der Waals surface area contributed by atoms with Gasteiger partial charge in [0.25, 0.3) is 0 Å². The number of halogens is 1. The molecule has 0 saturated carbocycles. The first-order valence-electron chi connectivity index (χ1n) is 4.64. The standard InChI is InChI=1S/C11H8ClNO4/c1-16-8-3-2-6(12)4-7(8)9-10(11(14)15)17-5-13-9/h2-5H,1H3,(H,14,15). The van der Waals surface area contributed by atoms with E-state index in [1.165, 1.54) is 7.11 Å². The minimum atomic E-state index is -1.19. The predicted molar refractivity (Wildman–Crippen MR) is 60.5 cm³/mol. The van der Waals surface area contributed by atoms with E-state index in [0.717, 1.165) is 6.39 Å². The molecule has 1 aromatic carbocycles. The third-order valence-electron chi connectivity index (χ3n) is 2.18. The lowest BCUT2D eigenvalue weighted by atomic mass is 10.1. The van der Waals surface area contributed by atoms with Crippen molar-refractivity contribution >= 4 is 17.6 Å². The van der Waals surface area contributed by atoms with Crippen LogP contribution in [0.2, 0.25) is 5.02 Å². The molecule has 0 bridgehead atoms. The van der Waals surface area contributed by atoms with Gasteiger partial charge in [-0.25, -0.2) is 9.78 Å². The molecule has 0 radical (unpaired) electrons. The van der Waals surface area contributed by atoms with Crippen LogP contribution in [0.15, 0.2) is 29.0 Å². The summed E-state index contributed by atoms with van der Waals surface area (Å²) in [7, 11) is 1.48. The van der Waals surface area contributed by atoms with Crippen LogP contribution in [0, 0.1) is 0 Å². The fourth-order valence-electron chi connectivity index (χ4n) is 1.46. The normalized spacial score (nSPS) is 10.2. The minimum absolute atomic E-state index is 0.192. The van der Waals surface area contributed by atoms with Gasteiger partial charge in [0.15, 0.2) is 6.39 Å². The molecule has 2 aromatic rings. The third-order valence-corrected chi connectivity index (χ3v) is 2.41. The number of hydrogen-bond acceptors (Lipinski definition) is 4. The highest BCUT2D eigenvalue weighted by molar-refractivity contribution is 6.31. The predicted octanol–water partition coefficient (Wildman–Crippen LogP) is 2.70. The van der Waals surface area contributed by atoms with Crippen LogP contribution in [-0.4, -0.2) is 23.2 Å². The van der Waals surface area contributed by atoms with Crippen LogP contribution in [0.5, 0.6) is 5.75 Å². The van der Waals surface area contributed by atoms with Crippen LogP contribution < -0.4 is 4.74 Å². The van der Waals surface area contributed by atoms with Crippen molar-refractivity contribution in [2.75, 3.05) is 7.11 Å². The number of carbonyl (C=O) groups is 1. The molecule has 5 nitrogen and oxygen atoms in total. The smallest absolute Gasteiger partial charge is 0.374 e. The highest BCUT2D eigenvalue weighted by Crippen LogP contribution is 2.33. The Morgan fingerprint density at radius 2 is 2.29 bits per heavy atom. The van der Waals surface area contributed by atoms with Crippen molar-refractivity contribution in [2.24, 2.45) is 0 Å². The number of carboxylic acids is 1. The second-order valence-electron chi connectivity index (χ2n) is 3.18. The first kappa shape index (κ1) is 11.5. The number of hydrogen-bond donors (Lipinski definition) is 1. The van der Waals surface area contributed by atoms with E-state index in [-0.39, 0.29) is 11.5 Å². The Labute approximate surface area is 102 Å². The van der Waals surface area contributed by atoms with E-state index in [2.05, 4.69) is 4.98 Å². The lowest BCUT2D eigenvalue weighted by Gasteiger charge is -2.06. The number of aromatic nitrogens is 1. The summed E-state index contributed by atoms with van der Waals surface area (Å²) in [5.41, 5.74) is 0.669. The summed E-state index contributed by atoms with van der Waals surface area (Å²) in [4.78, 5) is 14.8. The van der Waals surface area contributed by atoms with Crippen molar-refractivity contribution in [1.29, 1.82) is 0 Å². The average Bonchev–Trinajstić information content (AvgIpc) is 2.77. The zero-order valence-electron chi connectivity index (χ0n) is 8.81. The minimum Gasteiger partial charge on any atom is -0.496 e. The molecule has 6 heteroatoms. The van der Waals surface area contributed by atoms with Crippen molar-refractivity contribution in [3.63, 3.8) is 0 Å². The average molecular weight is 254 g/mol. The Bertz CT molecular complexity index is 564. The Morgan fingerprint density at radius 1 is 1.53 bits per heavy atom. The van der Waals surface area contributed by atoms with E-state index >= 15 is 0 Å². The van der Waals surface area contributed by atoms with Crippen LogP contribution in [0.25, 0.3) is 11.3 Å². The second-order valence-corrected chi connectivity index (χ2v) is 3.62. The number of nitrogens with zero attached hydrogens (tertiary/aromatic N) is 1. The maximum atomic E-state index is 10.9. The molecule has 2 rings (SSSR count). The molecule has 0 amide bonds. The highest BCUT2D eigenvalue weighted by atomic mass is 35.5. The second kappa shape index (κ2) is 4.47. The summed E-state index contributed by atoms with van der Waals surface area (Å²) >= 11 is 5.86. The zero-order chi connectivity index (χ0) is 12.4. The molecule has 17 heavy (non-hydrogen) atoms. The quantitative estimate of drug-likeness (QED) is 0.910. The molecule has 0 atom stereocenters. The number of benzene rings is 1. The molecule has 0 aliphatic carbocycles. The third kappa shape index (κ3) is 2.09. The van der Waals surface area contributed by atoms with E-state index in [1.54, 1.807) is 18.2 Å². The molecule has 1 N–H and O–H groups in total. The van der Waals surface area contributed by atoms with E-state index in [1.807, 2.05) is 0 Å². The molecule has 88 valence electrons. The first-order valence-corrected chi connectivity index (χ1v) is 5.02. The molecule has 0 aliphatic rings. The Morgan fingerprint density at radius 3 is 2.94 bits per heavy atom. The van der Waals surface area contributed by atoms with Gasteiger partial charge < -0.3 is 14.3 Å². The summed E-state index contributed by atoms with van der Waals surface area (Å²) in [6.07, 6.45) is 1.07. The van der Waals surface area contributed by atoms with Crippen LogP contribution in [0.4, 0.5) is 0 Å². The molecule has 0 aliphatic heterocycles. The first-order chi connectivity index (χ1) is 8.13. The number of carboxylic acid groups (broad SMARTS) is 1. The van der Waals surface area contributed by atoms with Gasteiger partial charge in [0.1, 0.15) is 11.4 Å². The van der Waals surface area contributed by atoms with Crippen molar-refractivity contribution in [3.8, 4) is 17.0 Å². The van der Waals surface area contributed by atoms with Gasteiger partial charge in [-0.05, 0) is 18.2 Å². The Balaban J connectivity index is 2.63. The summed E-state index contributed by atoms with van der Waals surface area (Å²) in [6, 6.07) is 4.85. The SMILES string of the molecule is COc1ccc(Cl)cc1-c1ncoc1C(=O)O. The van der Waals surface area contributed by atoms with E-state index in [4.69, 9.17) is 25.9 Å². The number of aromatic carboxylic acids is 1. The van der Waals surface area contributed by atoms with Gasteiger partial charge in [-0.1, -0.05) is 11.6 Å². The highest BCUT2D eigenvalue weighted by Gasteiger charge is 2.20. The van der Waals surface area contributed by atoms with Crippen LogP contribution in [0.3, 0.4) is 0 Å². The van der Waals surface area contributed by atoms with Crippen molar-refractivity contribution < 1.29 is 19.1 Å². The maximum absolute atomic E-state index is 10.9. The topological polar surface area (TPSA) is 72.6 Å². The van der Waals surface area contributed by atoms with Gasteiger partial charge in [0.2, 0.25) is 5.76 Å². The largest absolute Gasteiger partial charge is 0.496 e. The Hall–Kier alpha value is -2.01. The van der Waals surface area contributed by atoms with Gasteiger partial charge in [-0.2, -0.15) is 0 Å². The summed E-state index contributed by atoms with van der Waals surface area (Å²) in [5.74, 6) is -0.962. The van der Waals surface area contributed by atoms with Gasteiger partial charge in [0.05, 0.1) is 7.11 Å². The molecule has 1 aromatic heterocycles. The summed E-state index contributed by atoms with van der Waals surface area (Å²) in [6.45, 7) is 0. The number of rotatable bonds is 3.